The summed E-state index contributed by atoms with van der Waals surface area (Å²) in [6.45, 7) is 2.00. The van der Waals surface area contributed by atoms with Gasteiger partial charge in [0.05, 0.1) is 0 Å². The van der Waals surface area contributed by atoms with Gasteiger partial charge < -0.3 is 15.0 Å². The van der Waals surface area contributed by atoms with E-state index in [4.69, 9.17) is 16.3 Å². The molecule has 1 aliphatic carbocycles. The first-order chi connectivity index (χ1) is 17.9. The first-order valence-corrected chi connectivity index (χ1v) is 13.8. The third-order valence-corrected chi connectivity index (χ3v) is 7.68. The second-order valence-corrected chi connectivity index (χ2v) is 10.9. The molecule has 0 aliphatic heterocycles. The molecule has 0 unspecified atom stereocenters. The number of benzene rings is 3. The zero-order valence-electron chi connectivity index (χ0n) is 21.0. The Labute approximate surface area is 232 Å². The van der Waals surface area contributed by atoms with E-state index in [2.05, 4.69) is 21.2 Å². The first-order valence-electron chi connectivity index (χ1n) is 12.7. The maximum atomic E-state index is 13.7. The molecule has 5 nitrogen and oxygen atoms in total. The second kappa shape index (κ2) is 13.1. The topological polar surface area (TPSA) is 58.6 Å². The minimum Gasteiger partial charge on any atom is -0.484 e. The molecular formula is C30H32BrClN2O3. The summed E-state index contributed by atoms with van der Waals surface area (Å²) in [5.41, 5.74) is 2.80. The average Bonchev–Trinajstić information content (AvgIpc) is 3.41. The Bertz CT molecular complexity index is 1200. The predicted octanol–water partition coefficient (Wildman–Crippen LogP) is 6.49. The molecule has 0 heterocycles. The normalized spacial score (nSPS) is 14.2. The van der Waals surface area contributed by atoms with Crippen molar-refractivity contribution in [3.63, 3.8) is 0 Å². The van der Waals surface area contributed by atoms with Crippen molar-refractivity contribution < 1.29 is 14.3 Å². The number of ether oxygens (including phenoxy) is 1. The quantitative estimate of drug-likeness (QED) is 0.297. The zero-order valence-corrected chi connectivity index (χ0v) is 23.3. The summed E-state index contributed by atoms with van der Waals surface area (Å²) >= 11 is 9.61. The smallest absolute Gasteiger partial charge is 0.261 e. The third kappa shape index (κ3) is 7.83. The van der Waals surface area contributed by atoms with Gasteiger partial charge in [0.15, 0.2) is 6.61 Å². The predicted molar refractivity (Wildman–Crippen MR) is 151 cm³/mol. The Morgan fingerprint density at radius 2 is 1.73 bits per heavy atom. The minimum absolute atomic E-state index is 0.122. The van der Waals surface area contributed by atoms with E-state index < -0.39 is 6.04 Å². The molecule has 1 saturated carbocycles. The summed E-state index contributed by atoms with van der Waals surface area (Å²) in [6.07, 6.45) is 4.60. The van der Waals surface area contributed by atoms with Crippen LogP contribution in [-0.2, 0) is 22.6 Å². The monoisotopic (exact) mass is 582 g/mol. The van der Waals surface area contributed by atoms with E-state index in [1.807, 2.05) is 67.6 Å². The number of aryl methyl sites for hydroxylation is 1. The van der Waals surface area contributed by atoms with Gasteiger partial charge in [-0.25, -0.2) is 0 Å². The van der Waals surface area contributed by atoms with Gasteiger partial charge in [-0.1, -0.05) is 82.8 Å². The largest absolute Gasteiger partial charge is 0.484 e. The van der Waals surface area contributed by atoms with Crippen molar-refractivity contribution in [3.8, 4) is 5.75 Å². The van der Waals surface area contributed by atoms with Gasteiger partial charge in [0.25, 0.3) is 5.91 Å². The van der Waals surface area contributed by atoms with Crippen LogP contribution in [0.2, 0.25) is 5.02 Å². The number of hydrogen-bond acceptors (Lipinski definition) is 3. The molecule has 0 aromatic heterocycles. The van der Waals surface area contributed by atoms with Crippen LogP contribution in [0.1, 0.15) is 42.4 Å². The molecule has 37 heavy (non-hydrogen) atoms. The zero-order chi connectivity index (χ0) is 26.2. The number of carbonyl (C=O) groups excluding carboxylic acids is 2. The minimum atomic E-state index is -0.672. The van der Waals surface area contributed by atoms with E-state index in [9.17, 15) is 9.59 Å². The molecule has 2 amide bonds. The van der Waals surface area contributed by atoms with Crippen LogP contribution in [-0.4, -0.2) is 35.4 Å². The fourth-order valence-corrected chi connectivity index (χ4v) is 5.02. The Balaban J connectivity index is 1.60. The van der Waals surface area contributed by atoms with Gasteiger partial charge in [-0.2, -0.15) is 0 Å². The van der Waals surface area contributed by atoms with Crippen LogP contribution in [0.25, 0.3) is 0 Å². The summed E-state index contributed by atoms with van der Waals surface area (Å²) < 4.78 is 6.82. The number of amides is 2. The number of hydrogen-bond donors (Lipinski definition) is 1. The van der Waals surface area contributed by atoms with E-state index in [0.29, 0.717) is 23.7 Å². The van der Waals surface area contributed by atoms with E-state index in [0.717, 1.165) is 46.8 Å². The van der Waals surface area contributed by atoms with Crippen molar-refractivity contribution in [3.05, 3.63) is 99.0 Å². The van der Waals surface area contributed by atoms with Gasteiger partial charge in [-0.3, -0.25) is 9.59 Å². The number of carbonyl (C=O) groups is 2. The second-order valence-electron chi connectivity index (χ2n) is 9.54. The third-order valence-electron chi connectivity index (χ3n) is 6.73. The molecule has 3 aromatic rings. The summed E-state index contributed by atoms with van der Waals surface area (Å²) in [7, 11) is 0. The summed E-state index contributed by atoms with van der Waals surface area (Å²) in [6, 6.07) is 22.4. The molecule has 0 spiro atoms. The average molecular weight is 584 g/mol. The van der Waals surface area contributed by atoms with Crippen LogP contribution >= 0.6 is 27.5 Å². The van der Waals surface area contributed by atoms with Crippen LogP contribution < -0.4 is 10.1 Å². The lowest BCUT2D eigenvalue weighted by molar-refractivity contribution is -0.143. The Morgan fingerprint density at radius 1 is 1.03 bits per heavy atom. The molecule has 194 valence electrons. The highest BCUT2D eigenvalue weighted by Gasteiger charge is 2.32. The van der Waals surface area contributed by atoms with Gasteiger partial charge in [-0.15, -0.1) is 0 Å². The fraction of sp³-hybridized carbons (Fsp3) is 0.333. The van der Waals surface area contributed by atoms with E-state index in [1.54, 1.807) is 17.0 Å². The van der Waals surface area contributed by atoms with Crippen LogP contribution in [0.4, 0.5) is 0 Å². The van der Waals surface area contributed by atoms with Gasteiger partial charge in [0.1, 0.15) is 11.8 Å². The first kappa shape index (κ1) is 27.2. The van der Waals surface area contributed by atoms with Crippen LogP contribution in [0, 0.1) is 6.92 Å². The van der Waals surface area contributed by atoms with Crippen LogP contribution in [0.5, 0.6) is 5.75 Å². The molecule has 0 radical (unpaired) electrons. The maximum Gasteiger partial charge on any atom is 0.261 e. The Hall–Kier alpha value is -2.83. The fourth-order valence-electron chi connectivity index (χ4n) is 4.64. The Kier molecular flexibility index (Phi) is 9.64. The van der Waals surface area contributed by atoms with E-state index in [1.165, 1.54) is 0 Å². The van der Waals surface area contributed by atoms with Crippen LogP contribution in [0.3, 0.4) is 0 Å². The summed E-state index contributed by atoms with van der Waals surface area (Å²) in [4.78, 5) is 29.0. The molecule has 3 aromatic carbocycles. The lowest BCUT2D eigenvalue weighted by Crippen LogP contribution is -2.53. The van der Waals surface area contributed by atoms with Gasteiger partial charge in [0.2, 0.25) is 5.91 Å². The molecule has 4 rings (SSSR count). The van der Waals surface area contributed by atoms with Gasteiger partial charge in [0, 0.05) is 28.5 Å². The molecule has 7 heteroatoms. The molecule has 1 fully saturated rings. The lowest BCUT2D eigenvalue weighted by Gasteiger charge is -2.32. The van der Waals surface area contributed by atoms with E-state index >= 15 is 0 Å². The molecule has 0 bridgehead atoms. The highest BCUT2D eigenvalue weighted by atomic mass is 79.9. The van der Waals surface area contributed by atoms with Gasteiger partial charge in [-0.05, 0) is 66.8 Å². The van der Waals surface area contributed by atoms with Gasteiger partial charge >= 0.3 is 0 Å². The number of nitrogens with zero attached hydrogens (tertiary/aromatic N) is 1. The molecule has 1 aliphatic rings. The van der Waals surface area contributed by atoms with Crippen molar-refractivity contribution in [1.82, 2.24) is 10.2 Å². The highest BCUT2D eigenvalue weighted by molar-refractivity contribution is 9.10. The number of nitrogens with one attached hydrogen (secondary N) is 1. The van der Waals surface area contributed by atoms with Crippen molar-refractivity contribution in [2.75, 3.05) is 6.61 Å². The number of halogens is 2. The van der Waals surface area contributed by atoms with Crippen molar-refractivity contribution >= 4 is 39.3 Å². The summed E-state index contributed by atoms with van der Waals surface area (Å²) in [5, 5.41) is 3.86. The molecule has 1 N–H and O–H groups in total. The lowest BCUT2D eigenvalue weighted by atomic mass is 10.0. The molecular weight excluding hydrogens is 552 g/mol. The summed E-state index contributed by atoms with van der Waals surface area (Å²) in [5.74, 6) is 0.190. The molecule has 1 atom stereocenters. The van der Waals surface area contributed by atoms with Crippen molar-refractivity contribution in [2.45, 2.75) is 57.7 Å². The van der Waals surface area contributed by atoms with Crippen molar-refractivity contribution in [2.24, 2.45) is 0 Å². The van der Waals surface area contributed by atoms with Crippen LogP contribution in [0.15, 0.2) is 77.3 Å². The standard InChI is InChI=1S/C30H32BrClN2O3/c1-21-17-26(15-16-27(21)32)37-20-29(35)34(19-23-11-13-24(31)14-12-23)28(18-22-7-3-2-4-8-22)30(36)33-25-9-5-6-10-25/h2-4,7-8,11-17,25,28H,5-6,9-10,18-20H2,1H3,(H,33,36)/t28-/m0/s1. The Morgan fingerprint density at radius 3 is 2.41 bits per heavy atom. The maximum absolute atomic E-state index is 13.7. The number of rotatable bonds is 10. The van der Waals surface area contributed by atoms with Crippen molar-refractivity contribution in [1.29, 1.82) is 0 Å². The molecule has 0 saturated heterocycles. The SMILES string of the molecule is Cc1cc(OCC(=O)N(Cc2ccc(Br)cc2)[C@@H](Cc2ccccc2)C(=O)NC2CCCC2)ccc1Cl. The highest BCUT2D eigenvalue weighted by Crippen LogP contribution is 2.23. The van der Waals surface area contributed by atoms with E-state index in [-0.39, 0.29) is 24.5 Å².